The predicted molar refractivity (Wildman–Crippen MR) is 94.8 cm³/mol. The van der Waals surface area contributed by atoms with Gasteiger partial charge in [-0.1, -0.05) is 18.2 Å². The third-order valence-electron chi connectivity index (χ3n) is 3.56. The van der Waals surface area contributed by atoms with Gasteiger partial charge in [-0.05, 0) is 41.8 Å². The fourth-order valence-corrected chi connectivity index (χ4v) is 3.98. The average Bonchev–Trinajstić information content (AvgIpc) is 2.96. The Morgan fingerprint density at radius 3 is 2.48 bits per heavy atom. The monoisotopic (exact) mass is 347 g/mol. The molecule has 0 bridgehead atoms. The van der Waals surface area contributed by atoms with Crippen LogP contribution in [0.1, 0.15) is 11.0 Å². The van der Waals surface area contributed by atoms with Crippen LogP contribution in [0.5, 0.6) is 0 Å². The lowest BCUT2D eigenvalue weighted by Crippen LogP contribution is -2.11. The first-order valence-electron chi connectivity index (χ1n) is 7.14. The Labute approximate surface area is 139 Å². The van der Waals surface area contributed by atoms with Crippen LogP contribution in [-0.4, -0.2) is 26.3 Å². The van der Waals surface area contributed by atoms with Gasteiger partial charge in [0.15, 0.2) is 9.84 Å². The third kappa shape index (κ3) is 3.72. The molecule has 4 nitrogen and oxygen atoms in total. The number of benzene rings is 2. The van der Waals surface area contributed by atoms with E-state index in [9.17, 15) is 13.5 Å². The van der Waals surface area contributed by atoms with Gasteiger partial charge in [-0.25, -0.2) is 8.42 Å². The zero-order valence-corrected chi connectivity index (χ0v) is 14.2. The van der Waals surface area contributed by atoms with Crippen molar-refractivity contribution < 1.29 is 13.5 Å². The predicted octanol–water partition coefficient (Wildman–Crippen LogP) is 3.45. The van der Waals surface area contributed by atoms with Crippen molar-refractivity contribution in [2.75, 3.05) is 18.1 Å². The molecule has 1 unspecified atom stereocenters. The highest BCUT2D eigenvalue weighted by Crippen LogP contribution is 2.30. The number of anilines is 1. The number of hydrogen-bond acceptors (Lipinski definition) is 5. The van der Waals surface area contributed by atoms with Crippen molar-refractivity contribution in [3.8, 4) is 0 Å². The van der Waals surface area contributed by atoms with E-state index in [1.54, 1.807) is 35.6 Å². The molecule has 0 fully saturated rings. The van der Waals surface area contributed by atoms with Gasteiger partial charge in [-0.15, -0.1) is 11.3 Å². The largest absolute Gasteiger partial charge is 0.386 e. The Balaban J connectivity index is 1.67. The van der Waals surface area contributed by atoms with Gasteiger partial charge in [-0.2, -0.15) is 0 Å². The van der Waals surface area contributed by atoms with Crippen LogP contribution in [0.15, 0.2) is 59.5 Å². The van der Waals surface area contributed by atoms with Gasteiger partial charge in [0.1, 0.15) is 6.10 Å². The van der Waals surface area contributed by atoms with E-state index in [-0.39, 0.29) is 4.90 Å². The van der Waals surface area contributed by atoms with Crippen LogP contribution in [0.3, 0.4) is 0 Å². The number of sulfone groups is 1. The minimum atomic E-state index is -3.18. The second-order valence-corrected chi connectivity index (χ2v) is 8.51. The number of nitrogens with one attached hydrogen (secondary N) is 1. The second-order valence-electron chi connectivity index (χ2n) is 5.38. The van der Waals surface area contributed by atoms with Crippen LogP contribution >= 0.6 is 11.3 Å². The highest BCUT2D eigenvalue weighted by atomic mass is 32.2. The number of fused-ring (bicyclic) bond motifs is 1. The number of rotatable bonds is 5. The highest BCUT2D eigenvalue weighted by Gasteiger charge is 2.11. The van der Waals surface area contributed by atoms with Crippen LogP contribution in [-0.2, 0) is 9.84 Å². The molecule has 0 aliphatic carbocycles. The van der Waals surface area contributed by atoms with Gasteiger partial charge >= 0.3 is 0 Å². The molecule has 1 heterocycles. The maximum atomic E-state index is 11.4. The van der Waals surface area contributed by atoms with Crippen molar-refractivity contribution in [2.24, 2.45) is 0 Å². The smallest absolute Gasteiger partial charge is 0.175 e. The van der Waals surface area contributed by atoms with Crippen LogP contribution in [0.25, 0.3) is 10.1 Å². The summed E-state index contributed by atoms with van der Waals surface area (Å²) in [5, 5.41) is 14.6. The van der Waals surface area contributed by atoms with E-state index in [4.69, 9.17) is 0 Å². The standard InChI is InChI=1S/C17H17NO3S2/c1-23(20,21)14-8-6-13(7-9-14)18-11-15(19)17-10-12-4-2-3-5-16(12)22-17/h2-10,15,18-19H,11H2,1H3. The van der Waals surface area contributed by atoms with Gasteiger partial charge in [0.25, 0.3) is 0 Å². The summed E-state index contributed by atoms with van der Waals surface area (Å²) in [5.41, 5.74) is 0.776. The van der Waals surface area contributed by atoms with E-state index in [1.807, 2.05) is 30.3 Å². The Morgan fingerprint density at radius 2 is 1.83 bits per heavy atom. The first-order chi connectivity index (χ1) is 10.9. The lowest BCUT2D eigenvalue weighted by Gasteiger charge is -2.11. The maximum absolute atomic E-state index is 11.4. The molecule has 2 N–H and O–H groups in total. The minimum absolute atomic E-state index is 0.285. The molecule has 23 heavy (non-hydrogen) atoms. The first kappa shape index (κ1) is 16.0. The van der Waals surface area contributed by atoms with E-state index in [0.29, 0.717) is 6.54 Å². The first-order valence-corrected chi connectivity index (χ1v) is 9.85. The molecule has 0 radical (unpaired) electrons. The van der Waals surface area contributed by atoms with E-state index < -0.39 is 15.9 Å². The number of hydrogen-bond donors (Lipinski definition) is 2. The molecule has 0 aliphatic heterocycles. The van der Waals surface area contributed by atoms with Gasteiger partial charge in [0.05, 0.1) is 4.90 Å². The molecule has 3 rings (SSSR count). The van der Waals surface area contributed by atoms with E-state index in [1.165, 1.54) is 6.26 Å². The Hall–Kier alpha value is -1.89. The van der Waals surface area contributed by atoms with Crippen molar-refractivity contribution in [1.29, 1.82) is 0 Å². The molecule has 0 saturated heterocycles. The van der Waals surface area contributed by atoms with Crippen LogP contribution in [0, 0.1) is 0 Å². The van der Waals surface area contributed by atoms with Crippen molar-refractivity contribution in [1.82, 2.24) is 0 Å². The fourth-order valence-electron chi connectivity index (χ4n) is 2.30. The third-order valence-corrected chi connectivity index (χ3v) is 5.90. The minimum Gasteiger partial charge on any atom is -0.386 e. The molecule has 120 valence electrons. The molecule has 1 atom stereocenters. The molecule has 1 aromatic heterocycles. The molecular weight excluding hydrogens is 330 g/mol. The van der Waals surface area contributed by atoms with Gasteiger partial charge in [-0.3, -0.25) is 0 Å². The number of thiophene rings is 1. The zero-order chi connectivity index (χ0) is 16.4. The van der Waals surface area contributed by atoms with Gasteiger partial charge in [0.2, 0.25) is 0 Å². The summed E-state index contributed by atoms with van der Waals surface area (Å²) in [6.07, 6.45) is 0.572. The molecule has 0 spiro atoms. The van der Waals surface area contributed by atoms with E-state index >= 15 is 0 Å². The second kappa shape index (κ2) is 6.31. The van der Waals surface area contributed by atoms with E-state index in [2.05, 4.69) is 5.32 Å². The van der Waals surface area contributed by atoms with Crippen LogP contribution in [0.4, 0.5) is 5.69 Å². The summed E-state index contributed by atoms with van der Waals surface area (Å²) >= 11 is 1.58. The molecule has 6 heteroatoms. The summed E-state index contributed by atoms with van der Waals surface area (Å²) in [5.74, 6) is 0. The molecule has 0 aliphatic rings. The summed E-state index contributed by atoms with van der Waals surface area (Å²) in [7, 11) is -3.18. The number of aliphatic hydroxyl groups excluding tert-OH is 1. The van der Waals surface area contributed by atoms with Crippen molar-refractivity contribution in [3.05, 3.63) is 59.5 Å². The Bertz CT molecular complexity index is 881. The highest BCUT2D eigenvalue weighted by molar-refractivity contribution is 7.90. The van der Waals surface area contributed by atoms with Crippen molar-refractivity contribution >= 4 is 36.9 Å². The van der Waals surface area contributed by atoms with Crippen molar-refractivity contribution in [3.63, 3.8) is 0 Å². The average molecular weight is 347 g/mol. The Kier molecular flexibility index (Phi) is 4.39. The van der Waals surface area contributed by atoms with Crippen LogP contribution in [0.2, 0.25) is 0 Å². The van der Waals surface area contributed by atoms with Crippen molar-refractivity contribution in [2.45, 2.75) is 11.0 Å². The summed E-state index contributed by atoms with van der Waals surface area (Å²) in [6.45, 7) is 0.366. The molecular formula is C17H17NO3S2. The zero-order valence-electron chi connectivity index (χ0n) is 12.6. The normalized spacial score (nSPS) is 13.1. The topological polar surface area (TPSA) is 66.4 Å². The summed E-state index contributed by atoms with van der Waals surface area (Å²) in [4.78, 5) is 1.19. The van der Waals surface area contributed by atoms with Gasteiger partial charge in [0, 0.05) is 28.1 Å². The summed E-state index contributed by atoms with van der Waals surface area (Å²) in [6, 6.07) is 16.5. The lowest BCUT2D eigenvalue weighted by molar-refractivity contribution is 0.195. The lowest BCUT2D eigenvalue weighted by atomic mass is 10.2. The molecule has 3 aromatic rings. The number of aliphatic hydroxyl groups is 1. The fraction of sp³-hybridized carbons (Fsp3) is 0.176. The van der Waals surface area contributed by atoms with Gasteiger partial charge < -0.3 is 10.4 Å². The molecule has 0 saturated carbocycles. The molecule has 2 aromatic carbocycles. The summed E-state index contributed by atoms with van der Waals surface area (Å²) < 4.78 is 24.0. The van der Waals surface area contributed by atoms with Crippen LogP contribution < -0.4 is 5.32 Å². The maximum Gasteiger partial charge on any atom is 0.175 e. The molecule has 0 amide bonds. The SMILES string of the molecule is CS(=O)(=O)c1ccc(NCC(O)c2cc3ccccc3s2)cc1. The van der Waals surface area contributed by atoms with E-state index in [0.717, 1.165) is 20.7 Å². The Morgan fingerprint density at radius 1 is 1.13 bits per heavy atom. The quantitative estimate of drug-likeness (QED) is 0.742.